The lowest BCUT2D eigenvalue weighted by Gasteiger charge is -2.26. The van der Waals surface area contributed by atoms with Gasteiger partial charge in [-0.1, -0.05) is 22.5 Å². The van der Waals surface area contributed by atoms with Gasteiger partial charge >= 0.3 is 0 Å². The lowest BCUT2D eigenvalue weighted by molar-refractivity contribution is 0.393. The summed E-state index contributed by atoms with van der Waals surface area (Å²) in [6.07, 6.45) is 3.51. The molecule has 6 heteroatoms. The lowest BCUT2D eigenvalue weighted by Crippen LogP contribution is -2.17. The Labute approximate surface area is 164 Å². The Kier molecular flexibility index (Phi) is 4.69. The van der Waals surface area contributed by atoms with E-state index < -0.39 is 0 Å². The molecule has 0 amide bonds. The predicted molar refractivity (Wildman–Crippen MR) is 110 cm³/mol. The van der Waals surface area contributed by atoms with E-state index in [4.69, 9.17) is 4.52 Å². The second-order valence-corrected chi connectivity index (χ2v) is 6.81. The second-order valence-electron chi connectivity index (χ2n) is 6.81. The molecule has 2 aromatic heterocycles. The van der Waals surface area contributed by atoms with Gasteiger partial charge in [0.25, 0.3) is 0 Å². The van der Waals surface area contributed by atoms with Crippen LogP contribution in [0.15, 0.2) is 59.4 Å². The molecule has 4 aromatic rings. The molecule has 0 saturated heterocycles. The van der Waals surface area contributed by atoms with Crippen LogP contribution < -0.4 is 4.90 Å². The Morgan fingerprint density at radius 2 is 1.82 bits per heavy atom. The van der Waals surface area contributed by atoms with Crippen LogP contribution in [0.25, 0.3) is 16.8 Å². The molecule has 2 heterocycles. The average molecular weight is 373 g/mol. The molecule has 2 aromatic carbocycles. The molecule has 0 aliphatic carbocycles. The van der Waals surface area contributed by atoms with E-state index in [-0.39, 0.29) is 0 Å². The van der Waals surface area contributed by atoms with Crippen LogP contribution in [0.2, 0.25) is 0 Å². The van der Waals surface area contributed by atoms with Gasteiger partial charge in [0.05, 0.1) is 23.8 Å². The van der Waals surface area contributed by atoms with Crippen molar-refractivity contribution in [3.05, 3.63) is 71.9 Å². The number of anilines is 2. The topological polar surface area (TPSA) is 60.0 Å². The van der Waals surface area contributed by atoms with Gasteiger partial charge in [-0.05, 0) is 69.2 Å². The summed E-state index contributed by atoms with van der Waals surface area (Å²) < 4.78 is 7.12. The van der Waals surface area contributed by atoms with Gasteiger partial charge < -0.3 is 9.42 Å². The minimum absolute atomic E-state index is 0.840. The van der Waals surface area contributed by atoms with E-state index >= 15 is 0 Å². The summed E-state index contributed by atoms with van der Waals surface area (Å²) in [6.45, 7) is 9.09. The molecule has 6 nitrogen and oxygen atoms in total. The number of benzene rings is 2. The summed E-state index contributed by atoms with van der Waals surface area (Å²) in [5.41, 5.74) is 7.61. The van der Waals surface area contributed by atoms with Crippen molar-refractivity contribution in [3.8, 4) is 16.8 Å². The van der Waals surface area contributed by atoms with Crippen molar-refractivity contribution in [3.63, 3.8) is 0 Å². The van der Waals surface area contributed by atoms with E-state index in [0.717, 1.165) is 40.5 Å². The summed E-state index contributed by atoms with van der Waals surface area (Å²) in [4.78, 5) is 2.31. The maximum atomic E-state index is 5.36. The van der Waals surface area contributed by atoms with Crippen molar-refractivity contribution in [2.45, 2.75) is 27.7 Å². The first-order valence-corrected chi connectivity index (χ1v) is 9.36. The zero-order valence-electron chi connectivity index (χ0n) is 16.5. The molecule has 0 fully saturated rings. The van der Waals surface area contributed by atoms with Crippen LogP contribution in [0.4, 0.5) is 11.4 Å². The van der Waals surface area contributed by atoms with Gasteiger partial charge in [-0.25, -0.2) is 4.68 Å². The van der Waals surface area contributed by atoms with Crippen LogP contribution in [0, 0.1) is 20.8 Å². The van der Waals surface area contributed by atoms with Gasteiger partial charge in [0.2, 0.25) is 0 Å². The minimum Gasteiger partial charge on any atom is -0.361 e. The van der Waals surface area contributed by atoms with Crippen molar-refractivity contribution in [1.82, 2.24) is 20.2 Å². The molecule has 0 saturated carbocycles. The third kappa shape index (κ3) is 3.17. The molecule has 142 valence electrons. The van der Waals surface area contributed by atoms with Gasteiger partial charge in [-0.3, -0.25) is 0 Å². The quantitative estimate of drug-likeness (QED) is 0.492. The van der Waals surface area contributed by atoms with Crippen molar-refractivity contribution in [1.29, 1.82) is 0 Å². The third-order valence-electron chi connectivity index (χ3n) is 4.99. The monoisotopic (exact) mass is 373 g/mol. The molecule has 0 N–H and O–H groups in total. The number of rotatable bonds is 5. The molecule has 28 heavy (non-hydrogen) atoms. The Morgan fingerprint density at radius 1 is 1.04 bits per heavy atom. The highest BCUT2D eigenvalue weighted by atomic mass is 16.5. The Morgan fingerprint density at radius 3 is 2.43 bits per heavy atom. The Hall–Kier alpha value is -3.41. The molecule has 0 aliphatic rings. The fourth-order valence-electron chi connectivity index (χ4n) is 3.57. The number of hydrogen-bond donors (Lipinski definition) is 0. The second kappa shape index (κ2) is 7.31. The zero-order valence-corrected chi connectivity index (χ0v) is 16.5. The molecule has 0 bridgehead atoms. The fraction of sp³-hybridized carbons (Fsp3) is 0.227. The SMILES string of the molecule is CCN(c1ccc(-n2ccnn2)cc1)c1cc(-c2c(C)noc2C)ccc1C. The molecule has 0 radical (unpaired) electrons. The van der Waals surface area contributed by atoms with Gasteiger partial charge in [0.1, 0.15) is 5.76 Å². The standard InChI is InChI=1S/C22H23N5O/c1-5-26(19-8-10-20(11-9-19)27-13-12-23-25-27)21-14-18(7-6-15(21)2)22-16(3)24-28-17(22)4/h6-14H,5H2,1-4H3. The largest absolute Gasteiger partial charge is 0.361 e. The van der Waals surface area contributed by atoms with Crippen molar-refractivity contribution >= 4 is 11.4 Å². The van der Waals surface area contributed by atoms with Gasteiger partial charge in [0.15, 0.2) is 0 Å². The highest BCUT2D eigenvalue weighted by molar-refractivity contribution is 5.76. The van der Waals surface area contributed by atoms with E-state index in [9.17, 15) is 0 Å². The molecule has 0 spiro atoms. The number of hydrogen-bond acceptors (Lipinski definition) is 5. The van der Waals surface area contributed by atoms with Crippen molar-refractivity contribution in [2.75, 3.05) is 11.4 Å². The van der Waals surface area contributed by atoms with E-state index in [0.29, 0.717) is 0 Å². The molecule has 0 atom stereocenters. The normalized spacial score (nSPS) is 11.0. The van der Waals surface area contributed by atoms with E-state index in [1.165, 1.54) is 11.3 Å². The predicted octanol–water partition coefficient (Wildman–Crippen LogP) is 5.01. The first-order valence-electron chi connectivity index (χ1n) is 9.36. The lowest BCUT2D eigenvalue weighted by atomic mass is 10.0. The molecular formula is C22H23N5O. The van der Waals surface area contributed by atoms with Gasteiger partial charge in [0, 0.05) is 23.5 Å². The minimum atomic E-state index is 0.840. The van der Waals surface area contributed by atoms with Crippen LogP contribution in [0.5, 0.6) is 0 Å². The maximum Gasteiger partial charge on any atom is 0.141 e. The van der Waals surface area contributed by atoms with Crippen LogP contribution in [0.3, 0.4) is 0 Å². The highest BCUT2D eigenvalue weighted by Crippen LogP contribution is 2.35. The van der Waals surface area contributed by atoms with Crippen LogP contribution in [0.1, 0.15) is 23.9 Å². The van der Waals surface area contributed by atoms with Crippen LogP contribution in [-0.4, -0.2) is 26.7 Å². The molecular weight excluding hydrogens is 350 g/mol. The fourth-order valence-corrected chi connectivity index (χ4v) is 3.57. The van der Waals surface area contributed by atoms with Crippen LogP contribution >= 0.6 is 0 Å². The molecule has 0 aliphatic heterocycles. The summed E-state index contributed by atoms with van der Waals surface area (Å²) >= 11 is 0. The van der Waals surface area contributed by atoms with Gasteiger partial charge in [-0.15, -0.1) is 5.10 Å². The number of aryl methyl sites for hydroxylation is 3. The highest BCUT2D eigenvalue weighted by Gasteiger charge is 2.16. The van der Waals surface area contributed by atoms with Gasteiger partial charge in [-0.2, -0.15) is 0 Å². The summed E-state index contributed by atoms with van der Waals surface area (Å²) in [6, 6.07) is 14.8. The number of aromatic nitrogens is 4. The maximum absolute atomic E-state index is 5.36. The zero-order chi connectivity index (χ0) is 19.7. The van der Waals surface area contributed by atoms with E-state index in [1.807, 2.05) is 20.0 Å². The smallest absolute Gasteiger partial charge is 0.141 e. The third-order valence-corrected chi connectivity index (χ3v) is 4.99. The molecule has 4 rings (SSSR count). The first-order chi connectivity index (χ1) is 13.6. The summed E-state index contributed by atoms with van der Waals surface area (Å²) in [7, 11) is 0. The number of nitrogens with zero attached hydrogens (tertiary/aromatic N) is 5. The van der Waals surface area contributed by atoms with Crippen LogP contribution in [-0.2, 0) is 0 Å². The van der Waals surface area contributed by atoms with E-state index in [1.54, 1.807) is 10.9 Å². The first kappa shape index (κ1) is 18.0. The van der Waals surface area contributed by atoms with Crippen molar-refractivity contribution < 1.29 is 4.52 Å². The Bertz CT molecular complexity index is 1060. The Balaban J connectivity index is 1.73. The molecule has 0 unspecified atom stereocenters. The summed E-state index contributed by atoms with van der Waals surface area (Å²) in [5.74, 6) is 0.840. The van der Waals surface area contributed by atoms with Crippen molar-refractivity contribution in [2.24, 2.45) is 0 Å². The van der Waals surface area contributed by atoms with E-state index in [2.05, 4.69) is 76.7 Å². The average Bonchev–Trinajstić information content (AvgIpc) is 3.35. The summed E-state index contributed by atoms with van der Waals surface area (Å²) in [5, 5.41) is 12.0.